The Balaban J connectivity index is 1.52. The fourth-order valence-corrected chi connectivity index (χ4v) is 4.46. The van der Waals surface area contributed by atoms with Crippen LogP contribution in [0.25, 0.3) is 0 Å². The van der Waals surface area contributed by atoms with Gasteiger partial charge in [0.2, 0.25) is 0 Å². The summed E-state index contributed by atoms with van der Waals surface area (Å²) in [5, 5.41) is 0. The van der Waals surface area contributed by atoms with Crippen LogP contribution in [0.4, 0.5) is 4.79 Å². The van der Waals surface area contributed by atoms with Crippen molar-refractivity contribution in [2.24, 2.45) is 0 Å². The van der Waals surface area contributed by atoms with Crippen molar-refractivity contribution in [2.75, 3.05) is 32.9 Å². The second-order valence-corrected chi connectivity index (χ2v) is 7.40. The molecule has 24 heavy (non-hydrogen) atoms. The molecule has 0 N–H and O–H groups in total. The molecule has 4 rings (SSSR count). The van der Waals surface area contributed by atoms with E-state index in [4.69, 9.17) is 14.2 Å². The molecular formula is C18H22BrNO4. The van der Waals surface area contributed by atoms with E-state index in [9.17, 15) is 4.79 Å². The summed E-state index contributed by atoms with van der Waals surface area (Å²) < 4.78 is 18.1. The number of halogens is 1. The second kappa shape index (κ2) is 6.47. The molecule has 0 atom stereocenters. The van der Waals surface area contributed by atoms with Crippen LogP contribution in [-0.4, -0.2) is 43.9 Å². The summed E-state index contributed by atoms with van der Waals surface area (Å²) in [5.41, 5.74) is 3.73. The lowest BCUT2D eigenvalue weighted by molar-refractivity contribution is 0.0699. The van der Waals surface area contributed by atoms with Crippen LogP contribution < -0.4 is 9.47 Å². The van der Waals surface area contributed by atoms with Crippen LogP contribution in [0.15, 0.2) is 4.47 Å². The smallest absolute Gasteiger partial charge is 0.409 e. The van der Waals surface area contributed by atoms with Gasteiger partial charge in [-0.15, -0.1) is 0 Å². The molecule has 0 aliphatic carbocycles. The van der Waals surface area contributed by atoms with Crippen LogP contribution >= 0.6 is 15.9 Å². The van der Waals surface area contributed by atoms with Crippen molar-refractivity contribution in [2.45, 2.75) is 38.5 Å². The summed E-state index contributed by atoms with van der Waals surface area (Å²) in [6.45, 7) is 5.45. The standard InChI is InChI=1S/C18H22BrNO4/c1-2-3-6-24-18(21)20-9-11(10-20)14-12-4-7-23-17(12)15(19)13-5-8-22-16(13)14/h11H,2-10H2,1H3. The first-order chi connectivity index (χ1) is 11.7. The Labute approximate surface area is 150 Å². The highest BCUT2D eigenvalue weighted by Crippen LogP contribution is 2.50. The minimum absolute atomic E-state index is 0.192. The molecule has 1 amide bonds. The van der Waals surface area contributed by atoms with Crippen molar-refractivity contribution in [1.29, 1.82) is 0 Å². The number of benzene rings is 1. The van der Waals surface area contributed by atoms with Crippen LogP contribution in [0.5, 0.6) is 11.5 Å². The Hall–Kier alpha value is -1.43. The van der Waals surface area contributed by atoms with Crippen molar-refractivity contribution >= 4 is 22.0 Å². The summed E-state index contributed by atoms with van der Waals surface area (Å²) in [4.78, 5) is 13.8. The van der Waals surface area contributed by atoms with E-state index >= 15 is 0 Å². The number of hydrogen-bond donors (Lipinski definition) is 0. The number of nitrogens with zero attached hydrogens (tertiary/aromatic N) is 1. The molecule has 0 spiro atoms. The summed E-state index contributed by atoms with van der Waals surface area (Å²) in [7, 11) is 0. The monoisotopic (exact) mass is 395 g/mol. The van der Waals surface area contributed by atoms with E-state index in [2.05, 4.69) is 22.9 Å². The van der Waals surface area contributed by atoms with Gasteiger partial charge in [0.25, 0.3) is 0 Å². The average Bonchev–Trinajstić information content (AvgIpc) is 3.18. The highest BCUT2D eigenvalue weighted by molar-refractivity contribution is 9.10. The molecule has 6 heteroatoms. The number of carbonyl (C=O) groups excluding carboxylic acids is 1. The SMILES string of the molecule is CCCCOC(=O)N1CC(c2c3c(c(Br)c4c2OCC4)OCC3)C1. The molecule has 0 saturated carbocycles. The van der Waals surface area contributed by atoms with Gasteiger partial charge in [-0.25, -0.2) is 4.79 Å². The van der Waals surface area contributed by atoms with Crippen molar-refractivity contribution in [3.05, 3.63) is 21.2 Å². The molecule has 3 aliphatic heterocycles. The molecule has 1 saturated heterocycles. The van der Waals surface area contributed by atoms with Crippen molar-refractivity contribution in [1.82, 2.24) is 4.90 Å². The van der Waals surface area contributed by atoms with E-state index in [1.807, 2.05) is 0 Å². The first-order valence-corrected chi connectivity index (χ1v) is 9.54. The van der Waals surface area contributed by atoms with Gasteiger partial charge in [-0.1, -0.05) is 13.3 Å². The molecule has 3 aliphatic rings. The molecule has 3 heterocycles. The summed E-state index contributed by atoms with van der Waals surface area (Å²) in [5.74, 6) is 2.33. The lowest BCUT2D eigenvalue weighted by Crippen LogP contribution is -2.49. The Morgan fingerprint density at radius 3 is 2.67 bits per heavy atom. The number of amides is 1. The molecule has 0 unspecified atom stereocenters. The van der Waals surface area contributed by atoms with Crippen LogP contribution in [0.3, 0.4) is 0 Å². The van der Waals surface area contributed by atoms with Crippen LogP contribution in [-0.2, 0) is 17.6 Å². The number of unbranched alkanes of at least 4 members (excludes halogenated alkanes) is 1. The topological polar surface area (TPSA) is 48.0 Å². The Kier molecular flexibility index (Phi) is 4.33. The minimum atomic E-state index is -0.192. The lowest BCUT2D eigenvalue weighted by Gasteiger charge is -2.39. The minimum Gasteiger partial charge on any atom is -0.493 e. The molecule has 1 fully saturated rings. The summed E-state index contributed by atoms with van der Waals surface area (Å²) >= 11 is 3.69. The summed E-state index contributed by atoms with van der Waals surface area (Å²) in [6.07, 6.45) is 3.58. The molecule has 1 aromatic rings. The molecular weight excluding hydrogens is 374 g/mol. The van der Waals surface area contributed by atoms with Crippen LogP contribution in [0.2, 0.25) is 0 Å². The highest BCUT2D eigenvalue weighted by Gasteiger charge is 2.40. The maximum absolute atomic E-state index is 12.0. The van der Waals surface area contributed by atoms with E-state index in [0.717, 1.165) is 54.9 Å². The molecule has 0 aromatic heterocycles. The number of hydrogen-bond acceptors (Lipinski definition) is 4. The van der Waals surface area contributed by atoms with Gasteiger partial charge >= 0.3 is 6.09 Å². The average molecular weight is 396 g/mol. The van der Waals surface area contributed by atoms with Gasteiger partial charge in [0.15, 0.2) is 0 Å². The first-order valence-electron chi connectivity index (χ1n) is 8.75. The maximum atomic E-state index is 12.0. The van der Waals surface area contributed by atoms with Gasteiger partial charge in [0, 0.05) is 48.5 Å². The largest absolute Gasteiger partial charge is 0.493 e. The number of fused-ring (bicyclic) bond motifs is 2. The van der Waals surface area contributed by atoms with Crippen molar-refractivity contribution in [3.8, 4) is 11.5 Å². The Bertz CT molecular complexity index is 634. The fraction of sp³-hybridized carbons (Fsp3) is 0.611. The van der Waals surface area contributed by atoms with Gasteiger partial charge < -0.3 is 19.1 Å². The van der Waals surface area contributed by atoms with Gasteiger partial charge in [-0.05, 0) is 22.4 Å². The van der Waals surface area contributed by atoms with Crippen LogP contribution in [0, 0.1) is 0 Å². The molecule has 130 valence electrons. The molecule has 0 bridgehead atoms. The molecule has 5 nitrogen and oxygen atoms in total. The van der Waals surface area contributed by atoms with Crippen molar-refractivity contribution in [3.63, 3.8) is 0 Å². The Morgan fingerprint density at radius 2 is 1.92 bits per heavy atom. The first kappa shape index (κ1) is 16.1. The third-order valence-corrected chi connectivity index (χ3v) is 5.89. The zero-order valence-electron chi connectivity index (χ0n) is 13.9. The predicted octanol–water partition coefficient (Wildman–Crippen LogP) is 3.65. The van der Waals surface area contributed by atoms with Gasteiger partial charge in [-0.2, -0.15) is 0 Å². The quantitative estimate of drug-likeness (QED) is 0.729. The second-order valence-electron chi connectivity index (χ2n) is 6.61. The van der Waals surface area contributed by atoms with E-state index in [1.165, 1.54) is 16.7 Å². The number of likely N-dealkylation sites (tertiary alicyclic amines) is 1. The fourth-order valence-electron chi connectivity index (χ4n) is 3.73. The van der Waals surface area contributed by atoms with E-state index in [-0.39, 0.29) is 6.09 Å². The number of carbonyl (C=O) groups is 1. The third-order valence-electron chi connectivity index (χ3n) is 5.05. The highest BCUT2D eigenvalue weighted by atomic mass is 79.9. The lowest BCUT2D eigenvalue weighted by atomic mass is 9.85. The van der Waals surface area contributed by atoms with E-state index < -0.39 is 0 Å². The molecule has 0 radical (unpaired) electrons. The number of rotatable bonds is 4. The van der Waals surface area contributed by atoms with Crippen molar-refractivity contribution < 1.29 is 19.0 Å². The number of ether oxygens (including phenoxy) is 3. The normalized spacial score (nSPS) is 18.5. The zero-order chi connectivity index (χ0) is 16.7. The van der Waals surface area contributed by atoms with Crippen LogP contribution in [0.1, 0.15) is 42.4 Å². The van der Waals surface area contributed by atoms with Gasteiger partial charge in [0.1, 0.15) is 11.5 Å². The van der Waals surface area contributed by atoms with Gasteiger partial charge in [-0.3, -0.25) is 0 Å². The summed E-state index contributed by atoms with van der Waals surface area (Å²) in [6, 6.07) is 0. The Morgan fingerprint density at radius 1 is 1.21 bits per heavy atom. The maximum Gasteiger partial charge on any atom is 0.409 e. The van der Waals surface area contributed by atoms with Gasteiger partial charge in [0.05, 0.1) is 24.3 Å². The van der Waals surface area contributed by atoms with E-state index in [0.29, 0.717) is 25.6 Å². The zero-order valence-corrected chi connectivity index (χ0v) is 15.5. The van der Waals surface area contributed by atoms with E-state index in [1.54, 1.807) is 4.90 Å². The third kappa shape index (κ3) is 2.55. The predicted molar refractivity (Wildman–Crippen MR) is 93.1 cm³/mol. The molecule has 1 aromatic carbocycles.